The largest absolute Gasteiger partial charge is 0.371 e. The van der Waals surface area contributed by atoms with Crippen LogP contribution >= 0.6 is 11.8 Å². The highest BCUT2D eigenvalue weighted by Gasteiger charge is 2.11. The molecule has 0 amide bonds. The van der Waals surface area contributed by atoms with Gasteiger partial charge in [-0.05, 0) is 43.5 Å². The van der Waals surface area contributed by atoms with E-state index in [9.17, 15) is 0 Å². The molecule has 2 aromatic heterocycles. The quantitative estimate of drug-likeness (QED) is 0.697. The average molecular weight is 323 g/mol. The van der Waals surface area contributed by atoms with Gasteiger partial charge < -0.3 is 9.88 Å². The molecule has 1 N–H and O–H groups in total. The second-order valence-corrected chi connectivity index (χ2v) is 7.08. The van der Waals surface area contributed by atoms with Gasteiger partial charge >= 0.3 is 0 Å². The number of piperidine rings is 1. The van der Waals surface area contributed by atoms with E-state index in [0.717, 1.165) is 11.4 Å². The Morgan fingerprint density at radius 3 is 2.78 bits per heavy atom. The lowest BCUT2D eigenvalue weighted by molar-refractivity contribution is 0.577. The third-order valence-electron chi connectivity index (χ3n) is 4.40. The van der Waals surface area contributed by atoms with Crippen LogP contribution in [-0.4, -0.2) is 23.1 Å². The smallest absolute Gasteiger partial charge is 0.0736 e. The van der Waals surface area contributed by atoms with Crippen LogP contribution in [0.15, 0.2) is 53.7 Å². The minimum atomic E-state index is 0.897. The monoisotopic (exact) mass is 323 g/mol. The normalized spacial score (nSPS) is 15.2. The maximum absolute atomic E-state index is 4.54. The second kappa shape index (κ2) is 6.67. The SMILES string of the molecule is c1ccc2[nH]c(SCc3cc(N4CCCCC4)ccn3)cc2c1. The minimum absolute atomic E-state index is 0.897. The molecule has 0 atom stereocenters. The van der Waals surface area contributed by atoms with Crippen molar-refractivity contribution >= 4 is 28.4 Å². The van der Waals surface area contributed by atoms with Crippen molar-refractivity contribution in [3.8, 4) is 0 Å². The highest BCUT2D eigenvalue weighted by atomic mass is 32.2. The summed E-state index contributed by atoms with van der Waals surface area (Å²) < 4.78 is 0. The Hall–Kier alpha value is -1.94. The number of hydrogen-bond donors (Lipinski definition) is 1. The van der Waals surface area contributed by atoms with Crippen molar-refractivity contribution in [2.24, 2.45) is 0 Å². The van der Waals surface area contributed by atoms with Gasteiger partial charge in [0, 0.05) is 41.6 Å². The first-order valence-corrected chi connectivity index (χ1v) is 9.27. The molecule has 1 fully saturated rings. The first-order valence-electron chi connectivity index (χ1n) is 8.29. The third kappa shape index (κ3) is 3.37. The third-order valence-corrected chi connectivity index (χ3v) is 5.37. The fourth-order valence-electron chi connectivity index (χ4n) is 3.17. The summed E-state index contributed by atoms with van der Waals surface area (Å²) >= 11 is 1.82. The summed E-state index contributed by atoms with van der Waals surface area (Å²) in [5.74, 6) is 0.897. The predicted molar refractivity (Wildman–Crippen MR) is 98.2 cm³/mol. The van der Waals surface area contributed by atoms with Crippen molar-refractivity contribution in [1.82, 2.24) is 9.97 Å². The van der Waals surface area contributed by atoms with Crippen molar-refractivity contribution < 1.29 is 0 Å². The predicted octanol–water partition coefficient (Wildman–Crippen LogP) is 4.85. The van der Waals surface area contributed by atoms with Gasteiger partial charge in [0.25, 0.3) is 0 Å². The van der Waals surface area contributed by atoms with Crippen molar-refractivity contribution in [3.63, 3.8) is 0 Å². The van der Waals surface area contributed by atoms with Crippen LogP contribution in [0.2, 0.25) is 0 Å². The van der Waals surface area contributed by atoms with Crippen LogP contribution in [0.5, 0.6) is 0 Å². The molecule has 0 radical (unpaired) electrons. The molecule has 0 aliphatic carbocycles. The van der Waals surface area contributed by atoms with E-state index >= 15 is 0 Å². The van der Waals surface area contributed by atoms with Crippen molar-refractivity contribution in [2.75, 3.05) is 18.0 Å². The molecular formula is C19H21N3S. The maximum Gasteiger partial charge on any atom is 0.0736 e. The highest BCUT2D eigenvalue weighted by Crippen LogP contribution is 2.27. The summed E-state index contributed by atoms with van der Waals surface area (Å²) in [5.41, 5.74) is 3.67. The van der Waals surface area contributed by atoms with E-state index in [1.54, 1.807) is 0 Å². The van der Waals surface area contributed by atoms with Gasteiger partial charge in [-0.15, -0.1) is 11.8 Å². The highest BCUT2D eigenvalue weighted by molar-refractivity contribution is 7.98. The summed E-state index contributed by atoms with van der Waals surface area (Å²) in [4.78, 5) is 10.5. The van der Waals surface area contributed by atoms with Crippen LogP contribution in [0.3, 0.4) is 0 Å². The molecule has 0 unspecified atom stereocenters. The topological polar surface area (TPSA) is 31.9 Å². The summed E-state index contributed by atoms with van der Waals surface area (Å²) in [5, 5.41) is 2.47. The number of rotatable bonds is 4. The molecule has 1 saturated heterocycles. The number of hydrogen-bond acceptors (Lipinski definition) is 3. The lowest BCUT2D eigenvalue weighted by atomic mass is 10.1. The Balaban J connectivity index is 1.46. The van der Waals surface area contributed by atoms with E-state index in [-0.39, 0.29) is 0 Å². The van der Waals surface area contributed by atoms with Crippen LogP contribution in [0.25, 0.3) is 10.9 Å². The standard InChI is InChI=1S/C19H21N3S/c1-4-10-22(11-5-1)17-8-9-20-16(13-17)14-23-19-12-15-6-2-3-7-18(15)21-19/h2-3,6-9,12-13,21H,1,4-5,10-11,14H2. The first-order chi connectivity index (χ1) is 11.4. The fourth-order valence-corrected chi connectivity index (χ4v) is 4.02. The summed E-state index contributed by atoms with van der Waals surface area (Å²) in [6, 6.07) is 15.0. The number of benzene rings is 1. The Bertz CT molecular complexity index is 757. The number of pyridine rings is 1. The van der Waals surface area contributed by atoms with Gasteiger partial charge in [-0.25, -0.2) is 0 Å². The zero-order valence-corrected chi connectivity index (χ0v) is 14.0. The number of nitrogens with zero attached hydrogens (tertiary/aromatic N) is 2. The summed E-state index contributed by atoms with van der Waals surface area (Å²) in [6.45, 7) is 2.36. The minimum Gasteiger partial charge on any atom is -0.371 e. The van der Waals surface area contributed by atoms with Crippen LogP contribution < -0.4 is 4.90 Å². The number of anilines is 1. The van der Waals surface area contributed by atoms with Gasteiger partial charge in [0.1, 0.15) is 0 Å². The number of para-hydroxylation sites is 1. The van der Waals surface area contributed by atoms with E-state index < -0.39 is 0 Å². The van der Waals surface area contributed by atoms with Gasteiger partial charge in [0.05, 0.1) is 10.7 Å². The number of aromatic nitrogens is 2. The number of thioether (sulfide) groups is 1. The molecule has 3 aromatic rings. The van der Waals surface area contributed by atoms with E-state index in [1.165, 1.54) is 54.0 Å². The zero-order chi connectivity index (χ0) is 15.5. The van der Waals surface area contributed by atoms with Crippen molar-refractivity contribution in [1.29, 1.82) is 0 Å². The zero-order valence-electron chi connectivity index (χ0n) is 13.2. The van der Waals surface area contributed by atoms with E-state index in [0.29, 0.717) is 0 Å². The molecule has 0 spiro atoms. The number of fused-ring (bicyclic) bond motifs is 1. The molecule has 3 nitrogen and oxygen atoms in total. The number of aromatic amines is 1. The van der Waals surface area contributed by atoms with E-state index in [4.69, 9.17) is 0 Å². The van der Waals surface area contributed by atoms with Crippen LogP contribution in [0, 0.1) is 0 Å². The van der Waals surface area contributed by atoms with Gasteiger partial charge in [0.2, 0.25) is 0 Å². The fraction of sp³-hybridized carbons (Fsp3) is 0.316. The Labute approximate surface area is 141 Å². The molecule has 1 aromatic carbocycles. The maximum atomic E-state index is 4.54. The number of nitrogens with one attached hydrogen (secondary N) is 1. The molecule has 3 heterocycles. The number of H-pyrrole nitrogens is 1. The lowest BCUT2D eigenvalue weighted by Gasteiger charge is -2.28. The van der Waals surface area contributed by atoms with Crippen molar-refractivity contribution in [3.05, 3.63) is 54.4 Å². The van der Waals surface area contributed by atoms with Gasteiger partial charge in [-0.3, -0.25) is 4.98 Å². The molecule has 0 bridgehead atoms. The van der Waals surface area contributed by atoms with Gasteiger partial charge in [0.15, 0.2) is 0 Å². The van der Waals surface area contributed by atoms with E-state index in [1.807, 2.05) is 18.0 Å². The summed E-state index contributed by atoms with van der Waals surface area (Å²) in [6.07, 6.45) is 5.93. The van der Waals surface area contributed by atoms with E-state index in [2.05, 4.69) is 57.3 Å². The van der Waals surface area contributed by atoms with Gasteiger partial charge in [-0.1, -0.05) is 18.2 Å². The first kappa shape index (κ1) is 14.6. The second-order valence-electron chi connectivity index (χ2n) is 6.06. The van der Waals surface area contributed by atoms with Crippen LogP contribution in [0.1, 0.15) is 25.0 Å². The van der Waals surface area contributed by atoms with Crippen LogP contribution in [-0.2, 0) is 5.75 Å². The van der Waals surface area contributed by atoms with Crippen molar-refractivity contribution in [2.45, 2.75) is 30.0 Å². The lowest BCUT2D eigenvalue weighted by Crippen LogP contribution is -2.29. The molecular weight excluding hydrogens is 302 g/mol. The molecule has 118 valence electrons. The molecule has 0 saturated carbocycles. The molecule has 23 heavy (non-hydrogen) atoms. The Morgan fingerprint density at radius 2 is 1.91 bits per heavy atom. The Morgan fingerprint density at radius 1 is 1.04 bits per heavy atom. The molecule has 4 heteroatoms. The van der Waals surface area contributed by atoms with Crippen LogP contribution in [0.4, 0.5) is 5.69 Å². The average Bonchev–Trinajstić information content (AvgIpc) is 3.04. The molecule has 1 aliphatic rings. The van der Waals surface area contributed by atoms with Gasteiger partial charge in [-0.2, -0.15) is 0 Å². The Kier molecular flexibility index (Phi) is 4.24. The molecule has 1 aliphatic heterocycles. The summed E-state index contributed by atoms with van der Waals surface area (Å²) in [7, 11) is 0. The molecule has 4 rings (SSSR count).